The number of anilines is 1. The van der Waals surface area contributed by atoms with Crippen molar-refractivity contribution in [3.63, 3.8) is 0 Å². The van der Waals surface area contributed by atoms with E-state index < -0.39 is 0 Å². The fraction of sp³-hybridized carbons (Fsp3) is 0.333. The molecule has 0 amide bonds. The van der Waals surface area contributed by atoms with Crippen LogP contribution in [0.25, 0.3) is 16.8 Å². The summed E-state index contributed by atoms with van der Waals surface area (Å²) in [6.45, 7) is 1.78. The first-order valence-corrected chi connectivity index (χ1v) is 8.91. The molecule has 0 radical (unpaired) electrons. The maximum absolute atomic E-state index is 5.23. The minimum atomic E-state index is 0.302. The Labute approximate surface area is 155 Å². The van der Waals surface area contributed by atoms with Gasteiger partial charge in [0, 0.05) is 37.5 Å². The molecule has 0 aromatic carbocycles. The lowest BCUT2D eigenvalue weighted by atomic mass is 9.96. The van der Waals surface area contributed by atoms with Crippen molar-refractivity contribution in [2.24, 2.45) is 0 Å². The molecule has 0 N–H and O–H groups in total. The maximum Gasteiger partial charge on any atom is 0.231 e. The maximum atomic E-state index is 5.23. The first kappa shape index (κ1) is 15.9. The highest BCUT2D eigenvalue weighted by atomic mass is 16.5. The molecule has 1 aliphatic heterocycles. The Bertz CT molecular complexity index is 1100. The van der Waals surface area contributed by atoms with E-state index in [0.717, 1.165) is 48.7 Å². The molecule has 4 aromatic rings. The summed E-state index contributed by atoms with van der Waals surface area (Å²) in [7, 11) is 1.61. The fourth-order valence-corrected chi connectivity index (χ4v) is 3.54. The van der Waals surface area contributed by atoms with Gasteiger partial charge in [-0.25, -0.2) is 9.97 Å². The first-order valence-electron chi connectivity index (χ1n) is 8.91. The molecule has 5 rings (SSSR count). The summed E-state index contributed by atoms with van der Waals surface area (Å²) in [5.74, 6) is 2.69. The molecule has 0 aliphatic carbocycles. The summed E-state index contributed by atoms with van der Waals surface area (Å²) in [6, 6.07) is 7.65. The quantitative estimate of drug-likeness (QED) is 0.545. The third-order valence-corrected chi connectivity index (χ3v) is 4.97. The Morgan fingerprint density at radius 3 is 2.70 bits per heavy atom. The summed E-state index contributed by atoms with van der Waals surface area (Å²) in [6.07, 6.45) is 5.27. The van der Waals surface area contributed by atoms with Crippen LogP contribution in [-0.4, -0.2) is 55.0 Å². The Kier molecular flexibility index (Phi) is 3.77. The van der Waals surface area contributed by atoms with Crippen LogP contribution in [0.15, 0.2) is 36.7 Å². The lowest BCUT2D eigenvalue weighted by Crippen LogP contribution is -2.34. The SMILES string of the molecule is COc1ccc2nnc(C3CCN(c4ccc5nccnc5n4)CC3)n2n1. The van der Waals surface area contributed by atoms with Crippen LogP contribution in [0.4, 0.5) is 5.82 Å². The molecular formula is C18H18N8O. The second kappa shape index (κ2) is 6.42. The molecular weight excluding hydrogens is 344 g/mol. The van der Waals surface area contributed by atoms with Gasteiger partial charge in [-0.3, -0.25) is 4.98 Å². The van der Waals surface area contributed by atoms with Crippen LogP contribution >= 0.6 is 0 Å². The molecule has 0 bridgehead atoms. The molecule has 0 saturated carbocycles. The number of nitrogens with zero attached hydrogens (tertiary/aromatic N) is 8. The van der Waals surface area contributed by atoms with Crippen molar-refractivity contribution in [3.8, 4) is 5.88 Å². The van der Waals surface area contributed by atoms with Crippen molar-refractivity contribution in [2.45, 2.75) is 18.8 Å². The van der Waals surface area contributed by atoms with Gasteiger partial charge in [0.05, 0.1) is 7.11 Å². The third-order valence-electron chi connectivity index (χ3n) is 4.97. The van der Waals surface area contributed by atoms with Gasteiger partial charge in [-0.15, -0.1) is 15.3 Å². The molecule has 9 nitrogen and oxygen atoms in total. The summed E-state index contributed by atoms with van der Waals surface area (Å²) >= 11 is 0. The molecule has 0 atom stereocenters. The van der Waals surface area contributed by atoms with Gasteiger partial charge >= 0.3 is 0 Å². The Balaban J connectivity index is 1.36. The molecule has 9 heteroatoms. The summed E-state index contributed by atoms with van der Waals surface area (Å²) < 4.78 is 7.02. The summed E-state index contributed by atoms with van der Waals surface area (Å²) in [5.41, 5.74) is 2.23. The standard InChI is InChI=1S/C18H18N8O/c1-27-16-5-4-15-22-23-18(26(15)24-16)12-6-10-25(11-7-12)14-3-2-13-17(21-14)20-9-8-19-13/h2-5,8-9,12H,6-7,10-11H2,1H3. The molecule has 0 unspecified atom stereocenters. The molecule has 1 aliphatic rings. The van der Waals surface area contributed by atoms with Crippen LogP contribution < -0.4 is 9.64 Å². The van der Waals surface area contributed by atoms with E-state index in [-0.39, 0.29) is 0 Å². The van der Waals surface area contributed by atoms with Gasteiger partial charge in [-0.1, -0.05) is 0 Å². The van der Waals surface area contributed by atoms with Crippen molar-refractivity contribution in [3.05, 3.63) is 42.5 Å². The number of piperidine rings is 1. The zero-order valence-corrected chi connectivity index (χ0v) is 14.9. The third kappa shape index (κ3) is 2.80. The average Bonchev–Trinajstić information content (AvgIpc) is 3.16. The average molecular weight is 362 g/mol. The van der Waals surface area contributed by atoms with E-state index in [1.807, 2.05) is 18.2 Å². The van der Waals surface area contributed by atoms with Crippen molar-refractivity contribution < 1.29 is 4.74 Å². The van der Waals surface area contributed by atoms with Gasteiger partial charge < -0.3 is 9.64 Å². The summed E-state index contributed by atoms with van der Waals surface area (Å²) in [5, 5.41) is 13.1. The van der Waals surface area contributed by atoms with Crippen LogP contribution in [0.1, 0.15) is 24.6 Å². The Morgan fingerprint density at radius 2 is 1.85 bits per heavy atom. The van der Waals surface area contributed by atoms with Gasteiger partial charge in [-0.05, 0) is 31.0 Å². The summed E-state index contributed by atoms with van der Waals surface area (Å²) in [4.78, 5) is 15.5. The highest BCUT2D eigenvalue weighted by Gasteiger charge is 2.26. The minimum Gasteiger partial charge on any atom is -0.480 e. The lowest BCUT2D eigenvalue weighted by molar-refractivity contribution is 0.387. The van der Waals surface area contributed by atoms with Crippen LogP contribution in [-0.2, 0) is 0 Å². The molecule has 0 spiro atoms. The van der Waals surface area contributed by atoms with Crippen LogP contribution in [0.3, 0.4) is 0 Å². The number of rotatable bonds is 3. The monoisotopic (exact) mass is 362 g/mol. The zero-order chi connectivity index (χ0) is 18.2. The Hall–Kier alpha value is -3.36. The van der Waals surface area contributed by atoms with E-state index in [1.54, 1.807) is 30.1 Å². The molecule has 5 heterocycles. The largest absolute Gasteiger partial charge is 0.480 e. The van der Waals surface area contributed by atoms with Crippen molar-refractivity contribution in [2.75, 3.05) is 25.1 Å². The molecule has 136 valence electrons. The highest BCUT2D eigenvalue weighted by molar-refractivity contribution is 5.71. The van der Waals surface area contributed by atoms with Crippen LogP contribution in [0.2, 0.25) is 0 Å². The predicted molar refractivity (Wildman–Crippen MR) is 98.9 cm³/mol. The number of methoxy groups -OCH3 is 1. The first-order chi connectivity index (χ1) is 13.3. The zero-order valence-electron chi connectivity index (χ0n) is 14.9. The van der Waals surface area contributed by atoms with Crippen molar-refractivity contribution in [1.29, 1.82) is 0 Å². The number of ether oxygens (including phenoxy) is 1. The van der Waals surface area contributed by atoms with Crippen molar-refractivity contribution in [1.82, 2.24) is 34.8 Å². The van der Waals surface area contributed by atoms with Crippen LogP contribution in [0, 0.1) is 0 Å². The predicted octanol–water partition coefficient (Wildman–Crippen LogP) is 1.86. The highest BCUT2D eigenvalue weighted by Crippen LogP contribution is 2.29. The fourth-order valence-electron chi connectivity index (χ4n) is 3.54. The van der Waals surface area contributed by atoms with E-state index >= 15 is 0 Å². The van der Waals surface area contributed by atoms with Crippen LogP contribution in [0.5, 0.6) is 5.88 Å². The van der Waals surface area contributed by atoms with E-state index in [1.165, 1.54) is 0 Å². The number of fused-ring (bicyclic) bond motifs is 2. The second-order valence-corrected chi connectivity index (χ2v) is 6.53. The van der Waals surface area contributed by atoms with E-state index in [2.05, 4.69) is 35.1 Å². The second-order valence-electron chi connectivity index (χ2n) is 6.53. The number of pyridine rings is 1. The topological polar surface area (TPSA) is 94.2 Å². The molecule has 1 fully saturated rings. The van der Waals surface area contributed by atoms with E-state index in [0.29, 0.717) is 17.4 Å². The van der Waals surface area contributed by atoms with Gasteiger partial charge in [0.25, 0.3) is 0 Å². The number of aromatic nitrogens is 7. The van der Waals surface area contributed by atoms with E-state index in [9.17, 15) is 0 Å². The molecule has 1 saturated heterocycles. The minimum absolute atomic E-state index is 0.302. The lowest BCUT2D eigenvalue weighted by Gasteiger charge is -2.31. The molecule has 27 heavy (non-hydrogen) atoms. The van der Waals surface area contributed by atoms with Gasteiger partial charge in [0.15, 0.2) is 17.1 Å². The van der Waals surface area contributed by atoms with E-state index in [4.69, 9.17) is 4.74 Å². The Morgan fingerprint density at radius 1 is 1.00 bits per heavy atom. The van der Waals surface area contributed by atoms with Crippen molar-refractivity contribution >= 4 is 22.6 Å². The van der Waals surface area contributed by atoms with Gasteiger partial charge in [0.2, 0.25) is 5.88 Å². The van der Waals surface area contributed by atoms with Gasteiger partial charge in [0.1, 0.15) is 11.3 Å². The van der Waals surface area contributed by atoms with Gasteiger partial charge in [-0.2, -0.15) is 4.52 Å². The number of hydrogen-bond donors (Lipinski definition) is 0. The normalized spacial score (nSPS) is 15.5. The molecule has 4 aromatic heterocycles. The smallest absolute Gasteiger partial charge is 0.231 e. The number of hydrogen-bond acceptors (Lipinski definition) is 8.